The number of carbonyl (C=O) groups is 1. The van der Waals surface area contributed by atoms with Crippen molar-refractivity contribution < 1.29 is 9.90 Å². The number of aromatic nitrogens is 2. The van der Waals surface area contributed by atoms with Crippen molar-refractivity contribution >= 4 is 5.91 Å². The Bertz CT molecular complexity index is 504. The average Bonchev–Trinajstić information content (AvgIpc) is 2.99. The van der Waals surface area contributed by atoms with Crippen molar-refractivity contribution in [2.75, 3.05) is 6.54 Å². The molecule has 1 heterocycles. The van der Waals surface area contributed by atoms with Crippen molar-refractivity contribution in [2.45, 2.75) is 64.4 Å². The molecule has 0 radical (unpaired) electrons. The number of nitrogens with zero attached hydrogens (tertiary/aromatic N) is 2. The van der Waals surface area contributed by atoms with Gasteiger partial charge in [-0.2, -0.15) is 5.10 Å². The maximum atomic E-state index is 12.5. The Morgan fingerprint density at radius 1 is 1.48 bits per heavy atom. The molecule has 0 aromatic carbocycles. The summed E-state index contributed by atoms with van der Waals surface area (Å²) in [6, 6.07) is 0. The van der Waals surface area contributed by atoms with Crippen LogP contribution in [0.4, 0.5) is 0 Å². The molecule has 1 aromatic heterocycles. The van der Waals surface area contributed by atoms with Gasteiger partial charge < -0.3 is 10.4 Å². The maximum Gasteiger partial charge on any atom is 0.223 e. The lowest BCUT2D eigenvalue weighted by molar-refractivity contribution is -0.127. The molecule has 1 aromatic rings. The Morgan fingerprint density at radius 2 is 2.17 bits per heavy atom. The monoisotopic (exact) mass is 321 g/mol. The molecule has 1 fully saturated rings. The molecule has 2 unspecified atom stereocenters. The molecule has 2 atom stereocenters. The van der Waals surface area contributed by atoms with Crippen LogP contribution in [0.25, 0.3) is 0 Å². The third kappa shape index (κ3) is 5.06. The van der Waals surface area contributed by atoms with Gasteiger partial charge in [0.1, 0.15) is 5.60 Å². The molecule has 5 nitrogen and oxygen atoms in total. The van der Waals surface area contributed by atoms with Crippen LogP contribution in [0.5, 0.6) is 0 Å². The van der Waals surface area contributed by atoms with Crippen LogP contribution in [-0.2, 0) is 17.4 Å². The van der Waals surface area contributed by atoms with Crippen LogP contribution in [0.1, 0.15) is 64.4 Å². The fraction of sp³-hybridized carbons (Fsp3) is 0.778. The number of hydrogen-bond donors (Lipinski definition) is 2. The summed E-state index contributed by atoms with van der Waals surface area (Å²) in [6.45, 7) is 4.01. The highest BCUT2D eigenvalue weighted by Crippen LogP contribution is 2.30. The van der Waals surface area contributed by atoms with Crippen LogP contribution in [-0.4, -0.2) is 27.3 Å². The van der Waals surface area contributed by atoms with E-state index in [9.17, 15) is 9.90 Å². The number of aryl methyl sites for hydroxylation is 1. The number of aliphatic hydroxyl groups is 1. The Hall–Kier alpha value is -1.36. The summed E-state index contributed by atoms with van der Waals surface area (Å²) < 4.78 is 1.66. The zero-order valence-electron chi connectivity index (χ0n) is 14.7. The SMILES string of the molecule is CCC(CC1CCCCC1)C(=O)NCC(C)(O)c1cnn(C)c1. The van der Waals surface area contributed by atoms with Crippen molar-refractivity contribution in [2.24, 2.45) is 18.9 Å². The first-order valence-electron chi connectivity index (χ1n) is 8.91. The van der Waals surface area contributed by atoms with E-state index in [-0.39, 0.29) is 18.4 Å². The molecule has 1 aliphatic rings. The fourth-order valence-corrected chi connectivity index (χ4v) is 3.49. The molecule has 1 amide bonds. The van der Waals surface area contributed by atoms with Crippen molar-refractivity contribution in [3.05, 3.63) is 18.0 Å². The topological polar surface area (TPSA) is 67.2 Å². The van der Waals surface area contributed by atoms with Gasteiger partial charge >= 0.3 is 0 Å². The van der Waals surface area contributed by atoms with E-state index in [0.29, 0.717) is 5.92 Å². The first-order chi connectivity index (χ1) is 10.9. The molecular weight excluding hydrogens is 290 g/mol. The van der Waals surface area contributed by atoms with E-state index in [2.05, 4.69) is 17.3 Å². The van der Waals surface area contributed by atoms with Crippen molar-refractivity contribution in [1.82, 2.24) is 15.1 Å². The summed E-state index contributed by atoms with van der Waals surface area (Å²) in [5.41, 5.74) is -0.367. The molecule has 5 heteroatoms. The minimum Gasteiger partial charge on any atom is -0.383 e. The lowest BCUT2D eigenvalue weighted by atomic mass is 9.81. The molecule has 0 bridgehead atoms. The average molecular weight is 321 g/mol. The second-order valence-electron chi connectivity index (χ2n) is 7.24. The van der Waals surface area contributed by atoms with Gasteiger partial charge in [-0.1, -0.05) is 39.0 Å². The number of hydrogen-bond acceptors (Lipinski definition) is 3. The maximum absolute atomic E-state index is 12.5. The summed E-state index contributed by atoms with van der Waals surface area (Å²) in [7, 11) is 1.81. The molecule has 130 valence electrons. The second-order valence-corrected chi connectivity index (χ2v) is 7.24. The van der Waals surface area contributed by atoms with Crippen LogP contribution in [0.3, 0.4) is 0 Å². The Labute approximate surface area is 139 Å². The summed E-state index contributed by atoms with van der Waals surface area (Å²) in [5.74, 6) is 0.823. The van der Waals surface area contributed by atoms with E-state index in [4.69, 9.17) is 0 Å². The normalized spacial score (nSPS) is 20.0. The van der Waals surface area contributed by atoms with Gasteiger partial charge in [-0.25, -0.2) is 0 Å². The highest BCUT2D eigenvalue weighted by atomic mass is 16.3. The van der Waals surface area contributed by atoms with Gasteiger partial charge in [0.2, 0.25) is 5.91 Å². The van der Waals surface area contributed by atoms with Gasteiger partial charge in [-0.3, -0.25) is 9.48 Å². The van der Waals surface area contributed by atoms with Crippen LogP contribution in [0.15, 0.2) is 12.4 Å². The number of amides is 1. The van der Waals surface area contributed by atoms with Gasteiger partial charge in [0.15, 0.2) is 0 Å². The highest BCUT2D eigenvalue weighted by Gasteiger charge is 2.28. The van der Waals surface area contributed by atoms with E-state index in [1.807, 2.05) is 7.05 Å². The van der Waals surface area contributed by atoms with E-state index in [1.165, 1.54) is 32.1 Å². The highest BCUT2D eigenvalue weighted by molar-refractivity contribution is 5.78. The third-order valence-corrected chi connectivity index (χ3v) is 5.14. The second kappa shape index (κ2) is 7.95. The number of carbonyl (C=O) groups excluding carboxylic acids is 1. The lowest BCUT2D eigenvalue weighted by Crippen LogP contribution is -2.41. The molecule has 0 aliphatic heterocycles. The molecule has 0 spiro atoms. The van der Waals surface area contributed by atoms with Gasteiger partial charge in [0.05, 0.1) is 12.7 Å². The zero-order chi connectivity index (χ0) is 16.9. The van der Waals surface area contributed by atoms with Crippen LogP contribution >= 0.6 is 0 Å². The van der Waals surface area contributed by atoms with E-state index in [1.54, 1.807) is 24.0 Å². The predicted octanol–water partition coefficient (Wildman–Crippen LogP) is 2.74. The minimum atomic E-state index is -1.09. The fourth-order valence-electron chi connectivity index (χ4n) is 3.49. The Morgan fingerprint density at radius 3 is 2.74 bits per heavy atom. The van der Waals surface area contributed by atoms with E-state index in [0.717, 1.165) is 18.4 Å². The summed E-state index contributed by atoms with van der Waals surface area (Å²) in [6.07, 6.45) is 11.7. The summed E-state index contributed by atoms with van der Waals surface area (Å²) >= 11 is 0. The van der Waals surface area contributed by atoms with Gasteiger partial charge in [-0.15, -0.1) is 0 Å². The third-order valence-electron chi connectivity index (χ3n) is 5.14. The minimum absolute atomic E-state index is 0.0581. The Balaban J connectivity index is 1.86. The molecule has 0 saturated heterocycles. The Kier molecular flexibility index (Phi) is 6.22. The molecule has 1 aliphatic carbocycles. The van der Waals surface area contributed by atoms with Gasteiger partial charge in [-0.05, 0) is 25.7 Å². The predicted molar refractivity (Wildman–Crippen MR) is 90.8 cm³/mol. The van der Waals surface area contributed by atoms with Crippen LogP contribution < -0.4 is 5.32 Å². The summed E-state index contributed by atoms with van der Waals surface area (Å²) in [5, 5.41) is 17.6. The van der Waals surface area contributed by atoms with Crippen LogP contribution in [0, 0.1) is 11.8 Å². The van der Waals surface area contributed by atoms with Crippen molar-refractivity contribution in [3.63, 3.8) is 0 Å². The van der Waals surface area contributed by atoms with Gasteiger partial charge in [0.25, 0.3) is 0 Å². The quantitative estimate of drug-likeness (QED) is 0.811. The number of nitrogens with one attached hydrogen (secondary N) is 1. The van der Waals surface area contributed by atoms with Gasteiger partial charge in [0, 0.05) is 24.7 Å². The largest absolute Gasteiger partial charge is 0.383 e. The molecule has 1 saturated carbocycles. The van der Waals surface area contributed by atoms with E-state index >= 15 is 0 Å². The smallest absolute Gasteiger partial charge is 0.223 e. The van der Waals surface area contributed by atoms with Crippen molar-refractivity contribution in [3.8, 4) is 0 Å². The van der Waals surface area contributed by atoms with Crippen LogP contribution in [0.2, 0.25) is 0 Å². The number of rotatable bonds is 7. The van der Waals surface area contributed by atoms with Crippen molar-refractivity contribution in [1.29, 1.82) is 0 Å². The lowest BCUT2D eigenvalue weighted by Gasteiger charge is -2.27. The molecule has 23 heavy (non-hydrogen) atoms. The standard InChI is InChI=1S/C18H31N3O2/c1-4-15(10-14-8-6-5-7-9-14)17(22)19-13-18(2,23)16-11-20-21(3)12-16/h11-12,14-15,23H,4-10,13H2,1-3H3,(H,19,22). The summed E-state index contributed by atoms with van der Waals surface area (Å²) in [4.78, 5) is 12.5. The molecule has 2 N–H and O–H groups in total. The molecule has 2 rings (SSSR count). The van der Waals surface area contributed by atoms with E-state index < -0.39 is 5.60 Å². The molecular formula is C18H31N3O2. The first kappa shape index (κ1) is 18.0. The zero-order valence-corrected chi connectivity index (χ0v) is 14.7. The first-order valence-corrected chi connectivity index (χ1v) is 8.91.